The van der Waals surface area contributed by atoms with Crippen molar-refractivity contribution in [3.8, 4) is 39.8 Å². The largest absolute Gasteiger partial charge is 0.497 e. The van der Waals surface area contributed by atoms with Gasteiger partial charge in [-0.3, -0.25) is 0 Å². The summed E-state index contributed by atoms with van der Waals surface area (Å²) in [5.74, 6) is 2.27. The van der Waals surface area contributed by atoms with Crippen LogP contribution in [0.15, 0.2) is 113 Å². The molecule has 64 heavy (non-hydrogen) atoms. The molecule has 0 aliphatic carbocycles. The average Bonchev–Trinajstić information content (AvgIpc) is 3.90. The van der Waals surface area contributed by atoms with Gasteiger partial charge in [0.05, 0.1) is 44.5 Å². The minimum atomic E-state index is -4.50. The number of nitrogens with one attached hydrogen (secondary N) is 1. The number of rotatable bonds is 15. The summed E-state index contributed by atoms with van der Waals surface area (Å²) in [5, 5.41) is 13.7. The van der Waals surface area contributed by atoms with Gasteiger partial charge >= 0.3 is 6.09 Å². The number of nitrogen functional groups attached to an aromatic ring is 1. The summed E-state index contributed by atoms with van der Waals surface area (Å²) in [6.45, 7) is 6.41. The second-order valence-corrected chi connectivity index (χ2v) is 19.4. The topological polar surface area (TPSA) is 193 Å². The number of amides is 1. The van der Waals surface area contributed by atoms with Crippen molar-refractivity contribution in [2.45, 2.75) is 61.0 Å². The highest BCUT2D eigenvalue weighted by atomic mass is 32.2. The van der Waals surface area contributed by atoms with E-state index in [0.29, 0.717) is 57.4 Å². The minimum absolute atomic E-state index is 0.00501. The maximum absolute atomic E-state index is 16.1. The molecule has 1 aliphatic heterocycles. The maximum atomic E-state index is 16.1. The van der Waals surface area contributed by atoms with Gasteiger partial charge in [0, 0.05) is 41.9 Å². The summed E-state index contributed by atoms with van der Waals surface area (Å²) >= 11 is 1.37. The number of carbonyl (C=O) groups is 1. The zero-order valence-corrected chi connectivity index (χ0v) is 37.9. The number of thioether (sulfide) groups is 1. The summed E-state index contributed by atoms with van der Waals surface area (Å²) in [7, 11) is 0.266. The molecule has 16 nitrogen and oxygen atoms in total. The first kappa shape index (κ1) is 44.0. The molecule has 3 N–H and O–H groups in total. The van der Waals surface area contributed by atoms with E-state index in [1.54, 1.807) is 50.5 Å². The van der Waals surface area contributed by atoms with Crippen molar-refractivity contribution in [1.82, 2.24) is 39.4 Å². The molecule has 0 radical (unpaired) electrons. The van der Waals surface area contributed by atoms with Crippen LogP contribution in [-0.2, 0) is 34.4 Å². The highest BCUT2D eigenvalue weighted by Gasteiger charge is 2.39. The summed E-state index contributed by atoms with van der Waals surface area (Å²) in [4.78, 5) is 24.2. The third kappa shape index (κ3) is 9.63. The number of fused-ring (bicyclic) bond motifs is 1. The number of nitrogens with two attached hydrogens (primary N) is 1. The Labute approximate surface area is 375 Å². The van der Waals surface area contributed by atoms with E-state index in [9.17, 15) is 4.79 Å². The molecular formula is C46H49N9O7S2. The Kier molecular flexibility index (Phi) is 12.5. The molecule has 0 bridgehead atoms. The van der Waals surface area contributed by atoms with Crippen LogP contribution in [0, 0.1) is 0 Å². The Morgan fingerprint density at radius 1 is 0.812 bits per heavy atom. The number of hydrogen-bond acceptors (Lipinski definition) is 13. The number of tetrazole rings is 1. The van der Waals surface area contributed by atoms with E-state index in [1.807, 2.05) is 99.6 Å². The number of aromatic amines is 1. The van der Waals surface area contributed by atoms with E-state index >= 15 is 8.42 Å². The van der Waals surface area contributed by atoms with E-state index in [1.165, 1.54) is 20.9 Å². The number of imidazole rings is 1. The van der Waals surface area contributed by atoms with Crippen LogP contribution in [-0.4, -0.2) is 99.2 Å². The Hall–Kier alpha value is -6.63. The molecule has 5 aromatic carbocycles. The van der Waals surface area contributed by atoms with Gasteiger partial charge in [0.1, 0.15) is 27.7 Å². The number of methoxy groups -OCH3 is 3. The third-order valence-electron chi connectivity index (χ3n) is 10.5. The number of nitrogens with zero attached hydrogens (tertiary/aromatic N) is 7. The molecule has 332 valence electrons. The summed E-state index contributed by atoms with van der Waals surface area (Å²) in [5.41, 5.74) is 10.4. The molecule has 1 aliphatic rings. The van der Waals surface area contributed by atoms with Crippen molar-refractivity contribution >= 4 is 44.9 Å². The molecule has 2 aromatic heterocycles. The Morgan fingerprint density at radius 3 is 1.95 bits per heavy atom. The molecule has 1 amide bonds. The van der Waals surface area contributed by atoms with E-state index in [2.05, 4.69) is 20.3 Å². The second-order valence-electron chi connectivity index (χ2n) is 16.2. The van der Waals surface area contributed by atoms with Gasteiger partial charge < -0.3 is 34.6 Å². The van der Waals surface area contributed by atoms with Crippen molar-refractivity contribution in [2.75, 3.05) is 40.2 Å². The van der Waals surface area contributed by atoms with Crippen molar-refractivity contribution < 1.29 is 32.2 Å². The SMILES string of the molecule is COc1ccc(CN(Cc2ccc(OC)cc2)S(=O)(=O)c2c(SC3CN(C(=O)OC(C)(C)C)C3)ccc(-c3cccc4[nH]c(N)nc34)c2-c2nnn(Cc3ccc(OC)cc3)n2)cc1. The van der Waals surface area contributed by atoms with Gasteiger partial charge in [0.25, 0.3) is 0 Å². The summed E-state index contributed by atoms with van der Waals surface area (Å²) < 4.78 is 55.4. The molecule has 8 rings (SSSR count). The lowest BCUT2D eigenvalue weighted by Gasteiger charge is -2.39. The minimum Gasteiger partial charge on any atom is -0.497 e. The Balaban J connectivity index is 1.31. The van der Waals surface area contributed by atoms with Gasteiger partial charge in [-0.2, -0.15) is 9.10 Å². The zero-order chi connectivity index (χ0) is 45.2. The monoisotopic (exact) mass is 903 g/mol. The third-order valence-corrected chi connectivity index (χ3v) is 13.8. The summed E-state index contributed by atoms with van der Waals surface area (Å²) in [6.07, 6.45) is -0.428. The van der Waals surface area contributed by atoms with Gasteiger partial charge in [-0.05, 0) is 96.8 Å². The number of H-pyrrole nitrogens is 1. The zero-order valence-electron chi connectivity index (χ0n) is 36.3. The van der Waals surface area contributed by atoms with Gasteiger partial charge in [-0.15, -0.1) is 22.0 Å². The average molecular weight is 904 g/mol. The van der Waals surface area contributed by atoms with Crippen LogP contribution < -0.4 is 19.9 Å². The van der Waals surface area contributed by atoms with Crippen molar-refractivity contribution in [2.24, 2.45) is 0 Å². The van der Waals surface area contributed by atoms with Crippen molar-refractivity contribution in [1.29, 1.82) is 0 Å². The number of benzene rings is 5. The van der Waals surface area contributed by atoms with Crippen LogP contribution in [0.2, 0.25) is 0 Å². The number of likely N-dealkylation sites (tertiary alicyclic amines) is 1. The number of sulfonamides is 1. The Bertz CT molecular complexity index is 2820. The molecular weight excluding hydrogens is 855 g/mol. The first-order valence-corrected chi connectivity index (χ1v) is 22.8. The van der Waals surface area contributed by atoms with Crippen LogP contribution in [0.3, 0.4) is 0 Å². The molecule has 0 atom stereocenters. The van der Waals surface area contributed by atoms with Crippen molar-refractivity contribution in [3.05, 3.63) is 120 Å². The molecule has 7 aromatic rings. The molecule has 18 heteroatoms. The highest BCUT2D eigenvalue weighted by Crippen LogP contribution is 2.46. The number of carbonyl (C=O) groups excluding carboxylic acids is 1. The summed E-state index contributed by atoms with van der Waals surface area (Å²) in [6, 6.07) is 31.3. The first-order valence-electron chi connectivity index (χ1n) is 20.4. The van der Waals surface area contributed by atoms with Gasteiger partial charge in [0.2, 0.25) is 15.8 Å². The predicted octanol–water partition coefficient (Wildman–Crippen LogP) is 7.64. The van der Waals surface area contributed by atoms with Crippen LogP contribution in [0.5, 0.6) is 17.2 Å². The van der Waals surface area contributed by atoms with E-state index < -0.39 is 21.7 Å². The first-order chi connectivity index (χ1) is 30.7. The maximum Gasteiger partial charge on any atom is 0.410 e. The molecule has 1 fully saturated rings. The number of ether oxygens (including phenoxy) is 4. The van der Waals surface area contributed by atoms with E-state index in [-0.39, 0.29) is 47.1 Å². The molecule has 1 saturated heterocycles. The standard InChI is InChI=1S/C46H49N9O7S2/c1-46(2,3)62-45(56)53-27-35(28-53)63-39-23-22-36(37-8-7-9-38-41(37)49-44(47)48-38)40(43-50-52-55(51-43)26-31-14-20-34(61-6)21-15-31)42(39)64(57,58)54(24-29-10-16-32(59-4)17-11-29)25-30-12-18-33(60-5)19-13-30/h7-23,35H,24-28H2,1-6H3,(H3,47,48,49). The van der Waals surface area contributed by atoms with Crippen LogP contribution >= 0.6 is 11.8 Å². The van der Waals surface area contributed by atoms with Crippen LogP contribution in [0.25, 0.3) is 33.5 Å². The number of para-hydroxylation sites is 1. The lowest BCUT2D eigenvalue weighted by molar-refractivity contribution is 0.0143. The van der Waals surface area contributed by atoms with Gasteiger partial charge in [-0.1, -0.05) is 54.6 Å². The van der Waals surface area contributed by atoms with E-state index in [4.69, 9.17) is 29.8 Å². The van der Waals surface area contributed by atoms with E-state index in [0.717, 1.165) is 16.7 Å². The van der Waals surface area contributed by atoms with Gasteiger partial charge in [-0.25, -0.2) is 18.2 Å². The normalized spacial score (nSPS) is 13.3. The highest BCUT2D eigenvalue weighted by molar-refractivity contribution is 8.00. The second kappa shape index (κ2) is 18.2. The molecule has 0 unspecified atom stereocenters. The number of anilines is 1. The van der Waals surface area contributed by atoms with Crippen LogP contribution in [0.4, 0.5) is 10.7 Å². The lowest BCUT2D eigenvalue weighted by atomic mass is 9.98. The molecule has 0 spiro atoms. The number of hydrogen-bond donors (Lipinski definition) is 2. The molecule has 0 saturated carbocycles. The smallest absolute Gasteiger partial charge is 0.410 e. The molecule has 3 heterocycles. The predicted molar refractivity (Wildman–Crippen MR) is 245 cm³/mol. The fourth-order valence-electron chi connectivity index (χ4n) is 7.32. The lowest BCUT2D eigenvalue weighted by Crippen LogP contribution is -2.53. The Morgan fingerprint density at radius 2 is 1.39 bits per heavy atom. The number of aromatic nitrogens is 6. The van der Waals surface area contributed by atoms with Gasteiger partial charge in [0.15, 0.2) is 5.95 Å². The van der Waals surface area contributed by atoms with Crippen LogP contribution in [0.1, 0.15) is 37.5 Å². The fourth-order valence-corrected chi connectivity index (χ4v) is 10.7. The quantitative estimate of drug-likeness (QED) is 0.102. The fraction of sp³-hybridized carbons (Fsp3) is 0.283. The van der Waals surface area contributed by atoms with Crippen molar-refractivity contribution in [3.63, 3.8) is 0 Å².